The Morgan fingerprint density at radius 3 is 2.65 bits per heavy atom. The molecular formula is C22H18F3N5O. The molecule has 4 aromatic rings. The summed E-state index contributed by atoms with van der Waals surface area (Å²) < 4.78 is 43.2. The number of imidazole rings is 1. The normalized spacial score (nSPS) is 16.4. The van der Waals surface area contributed by atoms with E-state index in [0.717, 1.165) is 23.2 Å². The van der Waals surface area contributed by atoms with Crippen molar-refractivity contribution in [2.45, 2.75) is 25.4 Å². The van der Waals surface area contributed by atoms with E-state index in [1.807, 2.05) is 35.9 Å². The number of nitrogens with one attached hydrogen (secondary N) is 1. The first-order valence-corrected chi connectivity index (χ1v) is 9.72. The third-order valence-electron chi connectivity index (χ3n) is 5.67. The number of carbonyl (C=O) groups is 1. The molecule has 0 unspecified atom stereocenters. The van der Waals surface area contributed by atoms with Crippen LogP contribution in [0, 0.1) is 6.92 Å². The highest BCUT2D eigenvalue weighted by atomic mass is 19.4. The van der Waals surface area contributed by atoms with Gasteiger partial charge in [0.15, 0.2) is 0 Å². The van der Waals surface area contributed by atoms with Crippen LogP contribution < -0.4 is 5.32 Å². The van der Waals surface area contributed by atoms with E-state index in [1.165, 1.54) is 6.07 Å². The Balaban J connectivity index is 1.68. The molecule has 0 radical (unpaired) electrons. The van der Waals surface area contributed by atoms with Crippen molar-refractivity contribution in [3.05, 3.63) is 70.9 Å². The number of rotatable bonds is 2. The summed E-state index contributed by atoms with van der Waals surface area (Å²) >= 11 is 0. The highest BCUT2D eigenvalue weighted by Gasteiger charge is 2.36. The second kappa shape index (κ2) is 6.69. The summed E-state index contributed by atoms with van der Waals surface area (Å²) in [6, 6.07) is 12.7. The number of fused-ring (bicyclic) bond motifs is 2. The van der Waals surface area contributed by atoms with Crippen molar-refractivity contribution in [2.75, 3.05) is 5.32 Å². The standard InChI is InChI=1S/C22H18F3N5O/c1-12-19-15(13-6-5-7-14(10-13)22(23,24)25)11-18(31)27-20(19)30(28-12)21-26-16-8-3-4-9-17(16)29(21)2/h3-10,15H,11H2,1-2H3,(H,27,31)/t15-/m1/s1. The van der Waals surface area contributed by atoms with Crippen molar-refractivity contribution in [3.63, 3.8) is 0 Å². The zero-order valence-electron chi connectivity index (χ0n) is 16.7. The molecule has 1 N–H and O–H groups in total. The average molecular weight is 425 g/mol. The third-order valence-corrected chi connectivity index (χ3v) is 5.67. The predicted molar refractivity (Wildman–Crippen MR) is 109 cm³/mol. The molecule has 0 aliphatic carbocycles. The van der Waals surface area contributed by atoms with E-state index in [-0.39, 0.29) is 12.3 Å². The van der Waals surface area contributed by atoms with E-state index in [4.69, 9.17) is 0 Å². The minimum absolute atomic E-state index is 0.0450. The molecule has 0 saturated carbocycles. The molecule has 0 spiro atoms. The number of hydrogen-bond acceptors (Lipinski definition) is 3. The lowest BCUT2D eigenvalue weighted by atomic mass is 9.85. The van der Waals surface area contributed by atoms with Gasteiger partial charge >= 0.3 is 6.18 Å². The fourth-order valence-electron chi connectivity index (χ4n) is 4.23. The first kappa shape index (κ1) is 19.3. The number of para-hydroxylation sites is 2. The van der Waals surface area contributed by atoms with Gasteiger partial charge < -0.3 is 9.88 Å². The quantitative estimate of drug-likeness (QED) is 0.512. The summed E-state index contributed by atoms with van der Waals surface area (Å²) in [7, 11) is 1.85. The van der Waals surface area contributed by atoms with Gasteiger partial charge in [-0.15, -0.1) is 0 Å². The molecule has 3 heterocycles. The molecule has 5 rings (SSSR count). The molecule has 2 aromatic carbocycles. The summed E-state index contributed by atoms with van der Waals surface area (Å²) in [4.78, 5) is 17.2. The van der Waals surface area contributed by atoms with Crippen LogP contribution in [-0.4, -0.2) is 25.2 Å². The van der Waals surface area contributed by atoms with Gasteiger partial charge in [0, 0.05) is 24.9 Å². The zero-order chi connectivity index (χ0) is 21.9. The molecule has 1 aliphatic rings. The van der Waals surface area contributed by atoms with Gasteiger partial charge in [-0.2, -0.15) is 23.0 Å². The van der Waals surface area contributed by atoms with Gasteiger partial charge in [-0.25, -0.2) is 4.98 Å². The molecule has 1 aliphatic heterocycles. The number of carbonyl (C=O) groups excluding carboxylic acids is 1. The van der Waals surface area contributed by atoms with Crippen molar-refractivity contribution >= 4 is 22.8 Å². The van der Waals surface area contributed by atoms with Gasteiger partial charge in [0.1, 0.15) is 5.82 Å². The van der Waals surface area contributed by atoms with Gasteiger partial charge in [0.25, 0.3) is 0 Å². The average Bonchev–Trinajstić information content (AvgIpc) is 3.24. The lowest BCUT2D eigenvalue weighted by molar-refractivity contribution is -0.137. The molecule has 0 bridgehead atoms. The molecule has 2 aromatic heterocycles. The van der Waals surface area contributed by atoms with Crippen LogP contribution in [0.2, 0.25) is 0 Å². The van der Waals surface area contributed by atoms with Crippen molar-refractivity contribution in [2.24, 2.45) is 7.05 Å². The second-order valence-corrected chi connectivity index (χ2v) is 7.65. The second-order valence-electron chi connectivity index (χ2n) is 7.65. The van der Waals surface area contributed by atoms with Crippen LogP contribution in [0.4, 0.5) is 19.0 Å². The smallest absolute Gasteiger partial charge is 0.311 e. The summed E-state index contributed by atoms with van der Waals surface area (Å²) in [5.41, 5.74) is 2.70. The Bertz CT molecular complexity index is 1330. The first-order chi connectivity index (χ1) is 14.7. The van der Waals surface area contributed by atoms with Crippen LogP contribution in [0.15, 0.2) is 48.5 Å². The SMILES string of the molecule is Cc1nn(-c2nc3ccccc3n2C)c2c1[C@@H](c1cccc(C(F)(F)F)c1)CC(=O)N2. The lowest BCUT2D eigenvalue weighted by Gasteiger charge is -2.24. The van der Waals surface area contributed by atoms with Gasteiger partial charge in [-0.05, 0) is 30.7 Å². The fourth-order valence-corrected chi connectivity index (χ4v) is 4.23. The Hall–Kier alpha value is -3.62. The summed E-state index contributed by atoms with van der Waals surface area (Å²) in [6.07, 6.45) is -4.41. The summed E-state index contributed by atoms with van der Waals surface area (Å²) in [6.45, 7) is 1.79. The number of amides is 1. The molecule has 31 heavy (non-hydrogen) atoms. The van der Waals surface area contributed by atoms with Crippen molar-refractivity contribution in [1.29, 1.82) is 0 Å². The molecule has 9 heteroatoms. The zero-order valence-corrected chi connectivity index (χ0v) is 16.7. The minimum atomic E-state index is -4.46. The monoisotopic (exact) mass is 425 g/mol. The predicted octanol–water partition coefficient (Wildman–Crippen LogP) is 4.56. The third kappa shape index (κ3) is 3.08. The summed E-state index contributed by atoms with van der Waals surface area (Å²) in [5, 5.41) is 7.45. The number of nitrogens with zero attached hydrogens (tertiary/aromatic N) is 4. The molecule has 158 valence electrons. The molecule has 1 atom stereocenters. The van der Waals surface area contributed by atoms with E-state index in [0.29, 0.717) is 28.6 Å². The van der Waals surface area contributed by atoms with E-state index < -0.39 is 17.7 Å². The van der Waals surface area contributed by atoms with Crippen LogP contribution >= 0.6 is 0 Å². The van der Waals surface area contributed by atoms with E-state index >= 15 is 0 Å². The maximum Gasteiger partial charge on any atom is 0.416 e. The largest absolute Gasteiger partial charge is 0.416 e. The lowest BCUT2D eigenvalue weighted by Crippen LogP contribution is -2.25. The molecule has 1 amide bonds. The van der Waals surface area contributed by atoms with Crippen LogP contribution in [0.3, 0.4) is 0 Å². The Kier molecular flexibility index (Phi) is 4.18. The Morgan fingerprint density at radius 1 is 1.13 bits per heavy atom. The van der Waals surface area contributed by atoms with Crippen LogP contribution in [-0.2, 0) is 18.0 Å². The van der Waals surface area contributed by atoms with Crippen LogP contribution in [0.1, 0.15) is 34.7 Å². The minimum Gasteiger partial charge on any atom is -0.311 e. The van der Waals surface area contributed by atoms with E-state index in [9.17, 15) is 18.0 Å². The molecule has 6 nitrogen and oxygen atoms in total. The fraction of sp³-hybridized carbons (Fsp3) is 0.227. The molecular weight excluding hydrogens is 407 g/mol. The first-order valence-electron chi connectivity index (χ1n) is 9.72. The molecule has 0 fully saturated rings. The van der Waals surface area contributed by atoms with Gasteiger partial charge in [0.2, 0.25) is 11.9 Å². The maximum atomic E-state index is 13.3. The Labute approximate surface area is 175 Å². The topological polar surface area (TPSA) is 64.7 Å². The maximum absolute atomic E-state index is 13.3. The van der Waals surface area contributed by atoms with Crippen molar-refractivity contribution in [1.82, 2.24) is 19.3 Å². The Morgan fingerprint density at radius 2 is 1.90 bits per heavy atom. The number of anilines is 1. The van der Waals surface area contributed by atoms with Crippen molar-refractivity contribution in [3.8, 4) is 5.95 Å². The highest BCUT2D eigenvalue weighted by molar-refractivity contribution is 5.95. The van der Waals surface area contributed by atoms with Gasteiger partial charge in [0.05, 0.1) is 22.3 Å². The summed E-state index contributed by atoms with van der Waals surface area (Å²) in [5.74, 6) is 0.134. The number of benzene rings is 2. The number of hydrogen-bond donors (Lipinski definition) is 1. The highest BCUT2D eigenvalue weighted by Crippen LogP contribution is 2.41. The number of aromatic nitrogens is 4. The van der Waals surface area contributed by atoms with E-state index in [1.54, 1.807) is 17.7 Å². The number of halogens is 3. The van der Waals surface area contributed by atoms with Gasteiger partial charge in [-0.3, -0.25) is 4.79 Å². The van der Waals surface area contributed by atoms with Crippen molar-refractivity contribution < 1.29 is 18.0 Å². The van der Waals surface area contributed by atoms with E-state index in [2.05, 4.69) is 15.4 Å². The number of alkyl halides is 3. The molecule has 0 saturated heterocycles. The van der Waals surface area contributed by atoms with Crippen LogP contribution in [0.5, 0.6) is 0 Å². The number of aryl methyl sites for hydroxylation is 2. The van der Waals surface area contributed by atoms with Crippen LogP contribution in [0.25, 0.3) is 17.0 Å². The van der Waals surface area contributed by atoms with Gasteiger partial charge in [-0.1, -0.05) is 30.3 Å².